The largest absolute Gasteiger partial charge is 0.497 e. The minimum atomic E-state index is -1.90. The molecule has 105 heavy (non-hydrogen) atoms. The number of rotatable bonds is 27. The smallest absolute Gasteiger partial charge is 0.329 e. The summed E-state index contributed by atoms with van der Waals surface area (Å²) < 4.78 is 22.9. The number of benzene rings is 1. The first-order valence-electron chi connectivity index (χ1n) is 36.3. The van der Waals surface area contributed by atoms with Crippen molar-refractivity contribution in [2.24, 2.45) is 41.1 Å². The number of hydrogen-bond donors (Lipinski definition) is 9. The maximum absolute atomic E-state index is 15.3. The predicted octanol–water partition coefficient (Wildman–Crippen LogP) is -0.353. The number of aliphatic hydroxyl groups excluding tert-OH is 1. The van der Waals surface area contributed by atoms with E-state index in [0.717, 1.165) is 14.7 Å². The van der Waals surface area contributed by atoms with Gasteiger partial charge in [0.05, 0.1) is 31.6 Å². The molecule has 0 aromatic heterocycles. The number of nitrogens with two attached hydrogens (primary N) is 2. The second kappa shape index (κ2) is 39.7. The van der Waals surface area contributed by atoms with Crippen molar-refractivity contribution in [1.82, 2.24) is 51.5 Å². The van der Waals surface area contributed by atoms with Gasteiger partial charge in [-0.1, -0.05) is 73.9 Å². The van der Waals surface area contributed by atoms with E-state index in [4.69, 9.17) is 30.4 Å². The summed E-state index contributed by atoms with van der Waals surface area (Å²) >= 11 is 0. The molecule has 0 bridgehead atoms. The van der Waals surface area contributed by atoms with Crippen LogP contribution in [0.2, 0.25) is 0 Å². The SMILES string of the molecule is CCC(C)[C@H]1NC(=O)[C@@H](NC(=O)[C@H](CC(C)C)N(C)C(=O)C2CCCN2C(=O)C(C)OC(=O)[C@H](CCC(N)=O)NC(=O)[C@H](CCC(N)=O)NC(=O)C2CCC(=O)N2)[C@H](C)OC(=O)[C@H](Cc2ccc(OC)cc2)N(C)C(=O)[C@@H]2CCCN2C(=O)[C@@H](CC(C)C)NC(=O)[C@H](C)C(=O)[C@@H](C(C)C)OC(=O)C[C@H]1O. The summed E-state index contributed by atoms with van der Waals surface area (Å²) in [5, 5.41) is 27.5. The number of esters is 3. The Bertz CT molecular complexity index is 3330. The number of primary amides is 2. The quantitative estimate of drug-likeness (QED) is 0.0309. The monoisotopic (exact) mass is 1480 g/mol. The zero-order chi connectivity index (χ0) is 78.6. The number of aliphatic hydroxyl groups is 1. The Balaban J connectivity index is 1.52. The fourth-order valence-electron chi connectivity index (χ4n) is 13.3. The Kier molecular flexibility index (Phi) is 32.7. The van der Waals surface area contributed by atoms with Crippen LogP contribution in [0, 0.1) is 29.6 Å². The van der Waals surface area contributed by atoms with Crippen molar-refractivity contribution < 1.29 is 101 Å². The Morgan fingerprint density at radius 3 is 1.96 bits per heavy atom. The summed E-state index contributed by atoms with van der Waals surface area (Å²) in [5.74, 6) is -16.8. The number of carbonyl (C=O) groups is 16. The molecule has 1 aromatic rings. The molecule has 0 aliphatic carbocycles. The Labute approximate surface area is 612 Å². The molecule has 0 radical (unpaired) electrons. The number of carbonyl (C=O) groups excluding carboxylic acids is 16. The lowest BCUT2D eigenvalue weighted by atomic mass is 9.91. The Morgan fingerprint density at radius 1 is 0.762 bits per heavy atom. The molecule has 33 heteroatoms. The zero-order valence-corrected chi connectivity index (χ0v) is 62.9. The lowest BCUT2D eigenvalue weighted by molar-refractivity contribution is -0.163. The van der Waals surface area contributed by atoms with Crippen molar-refractivity contribution >= 4 is 94.6 Å². The molecular weight excluding hydrogens is 1370 g/mol. The summed E-state index contributed by atoms with van der Waals surface area (Å²) in [6.45, 7) is 17.6. The highest BCUT2D eigenvalue weighted by molar-refractivity contribution is 6.05. The molecule has 0 spiro atoms. The average molecular weight is 1480 g/mol. The summed E-state index contributed by atoms with van der Waals surface area (Å²) in [4.78, 5) is 229. The molecule has 16 atom stereocenters. The highest BCUT2D eigenvalue weighted by Crippen LogP contribution is 2.28. The van der Waals surface area contributed by atoms with Crippen LogP contribution in [0.1, 0.15) is 172 Å². The number of likely N-dealkylation sites (N-methyl/N-ethyl adjacent to an activating group) is 2. The first-order valence-corrected chi connectivity index (χ1v) is 36.3. The van der Waals surface area contributed by atoms with Gasteiger partial charge in [0.2, 0.25) is 65.0 Å². The molecule has 4 fully saturated rings. The lowest BCUT2D eigenvalue weighted by Crippen LogP contribution is -2.62. The number of likely N-dealkylation sites (tertiary alicyclic amines) is 1. The van der Waals surface area contributed by atoms with Crippen molar-refractivity contribution in [3.05, 3.63) is 29.8 Å². The van der Waals surface area contributed by atoms with Crippen LogP contribution in [0.5, 0.6) is 5.75 Å². The molecule has 1 aromatic carbocycles. The van der Waals surface area contributed by atoms with E-state index in [0.29, 0.717) is 17.7 Å². The fraction of sp³-hybridized carbons (Fsp3) is 0.694. The topological polar surface area (TPSA) is 467 Å². The number of hydrogen-bond acceptors (Lipinski definition) is 21. The maximum atomic E-state index is 15.3. The molecular formula is C72H110N12O21. The van der Waals surface area contributed by atoms with Crippen molar-refractivity contribution in [2.75, 3.05) is 34.3 Å². The van der Waals surface area contributed by atoms with Crippen LogP contribution in [0.4, 0.5) is 0 Å². The molecule has 33 nitrogen and oxygen atoms in total. The number of nitrogens with one attached hydrogen (secondary N) is 6. The van der Waals surface area contributed by atoms with Crippen LogP contribution in [0.15, 0.2) is 24.3 Å². The van der Waals surface area contributed by atoms with Crippen LogP contribution in [-0.2, 0) is 97.3 Å². The van der Waals surface area contributed by atoms with Crippen LogP contribution in [0.25, 0.3) is 0 Å². The number of Topliss-reactive ketones (excluding diaryl/α,β-unsaturated/α-hetero) is 1. The van der Waals surface area contributed by atoms with Gasteiger partial charge in [0.15, 0.2) is 18.0 Å². The summed E-state index contributed by atoms with van der Waals surface area (Å²) in [7, 11) is 4.12. The number of amides is 12. The third-order valence-corrected chi connectivity index (χ3v) is 19.7. The van der Waals surface area contributed by atoms with E-state index in [9.17, 15) is 57.8 Å². The highest BCUT2D eigenvalue weighted by Gasteiger charge is 2.47. The Hall–Kier alpha value is -9.30. The van der Waals surface area contributed by atoms with Crippen molar-refractivity contribution in [1.29, 1.82) is 0 Å². The van der Waals surface area contributed by atoms with E-state index in [-0.39, 0.29) is 89.1 Å². The lowest BCUT2D eigenvalue weighted by Gasteiger charge is -2.36. The van der Waals surface area contributed by atoms with Gasteiger partial charge in [0, 0.05) is 52.9 Å². The van der Waals surface area contributed by atoms with Gasteiger partial charge >= 0.3 is 17.9 Å². The zero-order valence-electron chi connectivity index (χ0n) is 62.9. The van der Waals surface area contributed by atoms with Crippen LogP contribution in [0.3, 0.4) is 0 Å². The number of fused-ring (bicyclic) bond motifs is 1. The van der Waals surface area contributed by atoms with Crippen LogP contribution < -0.4 is 48.1 Å². The standard InChI is InChI=1S/C72H110N12O21/c1-15-39(8)58-53(85)35-57(89)105-61(38(6)7)60(90)40(9)62(91)78-48(32-36(2)3)68(97)84-31-17-19-50(84)70(99)82(13)52(34-43-20-22-44(102-14)23-21-43)72(101)103-41(10)59(66(95)79-58)80-65(94)51(33-37(4)5)81(12)69(98)49-18-16-30-83(49)67(96)42(11)104-71(100)47(25-28-55(74)87)77-64(93)46(24-27-54(73)86)76-63(92)45-26-29-56(88)75-45/h20-23,36-42,45-53,58-59,61,85H,15-19,24-35H2,1-14H3,(H2,73,86)(H2,74,87)(H,75,88)(H,76,92)(H,77,93)(H,78,91)(H,79,95)(H,80,94)/t39?,40-,41+,42?,45?,46+,47+,48-,49?,50+,51+,52+,53-,58-,59+,61-/m1/s1. The molecule has 4 saturated heterocycles. The van der Waals surface area contributed by atoms with Gasteiger partial charge in [0.25, 0.3) is 5.91 Å². The first kappa shape index (κ1) is 86.3. The minimum Gasteiger partial charge on any atom is -0.497 e. The van der Waals surface area contributed by atoms with Gasteiger partial charge in [-0.05, 0) is 120 Å². The Morgan fingerprint density at radius 2 is 1.39 bits per heavy atom. The molecule has 0 saturated carbocycles. The molecule has 4 unspecified atom stereocenters. The van der Waals surface area contributed by atoms with E-state index < -0.39 is 223 Å². The normalized spacial score (nSPS) is 25.5. The molecule has 4 heterocycles. The number of ether oxygens (including phenoxy) is 4. The van der Waals surface area contributed by atoms with E-state index in [2.05, 4.69) is 31.9 Å². The molecule has 4 aliphatic heterocycles. The second-order valence-electron chi connectivity index (χ2n) is 29.2. The number of nitrogens with zero attached hydrogens (tertiary/aromatic N) is 4. The van der Waals surface area contributed by atoms with Gasteiger partial charge in [-0.3, -0.25) is 67.1 Å². The fourth-order valence-corrected chi connectivity index (χ4v) is 13.3. The van der Waals surface area contributed by atoms with E-state index in [1.54, 1.807) is 65.8 Å². The molecule has 12 amide bonds. The van der Waals surface area contributed by atoms with Gasteiger partial charge in [-0.2, -0.15) is 0 Å². The van der Waals surface area contributed by atoms with Crippen molar-refractivity contribution in [3.63, 3.8) is 0 Å². The first-order chi connectivity index (χ1) is 49.3. The summed E-state index contributed by atoms with van der Waals surface area (Å²) in [6, 6.07) is -7.46. The predicted molar refractivity (Wildman–Crippen MR) is 376 cm³/mol. The van der Waals surface area contributed by atoms with Crippen molar-refractivity contribution in [3.8, 4) is 5.75 Å². The van der Waals surface area contributed by atoms with Crippen LogP contribution in [-0.4, -0.2) is 238 Å². The highest BCUT2D eigenvalue weighted by atomic mass is 16.6. The summed E-state index contributed by atoms with van der Waals surface area (Å²) in [5.41, 5.74) is 11.3. The van der Waals surface area contributed by atoms with Gasteiger partial charge in [0.1, 0.15) is 66.2 Å². The second-order valence-corrected chi connectivity index (χ2v) is 29.2. The number of ketones is 1. The minimum absolute atomic E-state index is 0.0415. The molecule has 11 N–H and O–H groups in total. The molecule has 5 rings (SSSR count). The number of methoxy groups -OCH3 is 1. The summed E-state index contributed by atoms with van der Waals surface area (Å²) in [6.07, 6.45) is -8.07. The third kappa shape index (κ3) is 24.1. The van der Waals surface area contributed by atoms with Gasteiger partial charge < -0.3 is 87.0 Å². The molecule has 4 aliphatic rings. The van der Waals surface area contributed by atoms with E-state index in [1.165, 1.54) is 46.9 Å². The maximum Gasteiger partial charge on any atom is 0.329 e. The van der Waals surface area contributed by atoms with E-state index in [1.807, 2.05) is 13.8 Å². The number of cyclic esters (lactones) is 2. The van der Waals surface area contributed by atoms with E-state index >= 15 is 24.0 Å². The van der Waals surface area contributed by atoms with Gasteiger partial charge in [-0.25, -0.2) is 9.59 Å². The van der Waals surface area contributed by atoms with Crippen LogP contribution >= 0.6 is 0 Å². The molecule has 584 valence electrons. The third-order valence-electron chi connectivity index (χ3n) is 19.7. The average Bonchev–Trinajstić information content (AvgIpc) is 1.74. The van der Waals surface area contributed by atoms with Gasteiger partial charge in [-0.15, -0.1) is 0 Å². The van der Waals surface area contributed by atoms with Crippen molar-refractivity contribution in [2.45, 2.75) is 257 Å².